The largest absolute Gasteiger partial charge is 0.481 e. The fourth-order valence-corrected chi connectivity index (χ4v) is 1.08. The van der Waals surface area contributed by atoms with E-state index in [9.17, 15) is 13.2 Å². The number of nitrogens with one attached hydrogen (secondary N) is 1. The topological polar surface area (TPSA) is 113 Å². The summed E-state index contributed by atoms with van der Waals surface area (Å²) in [5, 5.41) is 8.24. The van der Waals surface area contributed by atoms with Crippen molar-refractivity contribution in [2.75, 3.05) is 12.3 Å². The Hall–Kier alpha value is -0.700. The molecule has 0 aliphatic carbocycles. The van der Waals surface area contributed by atoms with Crippen LogP contribution in [0.3, 0.4) is 0 Å². The molecular formula is C5H13N3O4S. The van der Waals surface area contributed by atoms with Gasteiger partial charge in [-0.3, -0.25) is 4.79 Å². The van der Waals surface area contributed by atoms with Crippen LogP contribution in [0.2, 0.25) is 0 Å². The van der Waals surface area contributed by atoms with Gasteiger partial charge in [0, 0.05) is 6.54 Å². The van der Waals surface area contributed by atoms with Crippen molar-refractivity contribution in [3.63, 3.8) is 0 Å². The average Bonchev–Trinajstić information content (AvgIpc) is 2.03. The Balaban J connectivity index is 3.88. The van der Waals surface area contributed by atoms with E-state index in [0.29, 0.717) is 4.52 Å². The van der Waals surface area contributed by atoms with Gasteiger partial charge in [-0.2, -0.15) is 0 Å². The quantitative estimate of drug-likeness (QED) is 0.363. The lowest BCUT2D eigenvalue weighted by Gasteiger charge is -2.15. The zero-order valence-electron chi connectivity index (χ0n) is 7.23. The Morgan fingerprint density at radius 3 is 2.54 bits per heavy atom. The van der Waals surface area contributed by atoms with E-state index >= 15 is 0 Å². The van der Waals surface area contributed by atoms with Crippen molar-refractivity contribution in [2.24, 2.45) is 5.84 Å². The number of nitrogens with two attached hydrogens (primary N) is 1. The van der Waals surface area contributed by atoms with Crippen LogP contribution in [-0.2, 0) is 14.8 Å². The Morgan fingerprint density at radius 2 is 2.15 bits per heavy atom. The molecule has 0 unspecified atom stereocenters. The van der Waals surface area contributed by atoms with E-state index in [1.165, 1.54) is 6.92 Å². The first kappa shape index (κ1) is 12.3. The zero-order chi connectivity index (χ0) is 10.5. The van der Waals surface area contributed by atoms with Crippen LogP contribution in [0, 0.1) is 0 Å². The van der Waals surface area contributed by atoms with Gasteiger partial charge in [-0.25, -0.2) is 19.7 Å². The highest BCUT2D eigenvalue weighted by Crippen LogP contribution is 1.89. The van der Waals surface area contributed by atoms with Gasteiger partial charge in [0.05, 0.1) is 12.2 Å². The molecule has 0 aromatic carbocycles. The number of carbonyl (C=O) groups is 1. The van der Waals surface area contributed by atoms with Crippen LogP contribution in [0.15, 0.2) is 0 Å². The van der Waals surface area contributed by atoms with Crippen LogP contribution in [0.4, 0.5) is 0 Å². The van der Waals surface area contributed by atoms with Crippen molar-refractivity contribution in [1.29, 1.82) is 0 Å². The van der Waals surface area contributed by atoms with Gasteiger partial charge in [-0.05, 0) is 6.92 Å². The predicted molar refractivity (Wildman–Crippen MR) is 45.7 cm³/mol. The number of hydrogen-bond donors (Lipinski definition) is 3. The van der Waals surface area contributed by atoms with Gasteiger partial charge in [0.2, 0.25) is 10.0 Å². The van der Waals surface area contributed by atoms with Crippen molar-refractivity contribution in [3.05, 3.63) is 0 Å². The molecule has 0 heterocycles. The summed E-state index contributed by atoms with van der Waals surface area (Å²) in [5.74, 6) is 3.94. The number of aliphatic carboxylic acids is 1. The van der Waals surface area contributed by atoms with Gasteiger partial charge < -0.3 is 5.11 Å². The monoisotopic (exact) mass is 211 g/mol. The van der Waals surface area contributed by atoms with Crippen LogP contribution >= 0.6 is 0 Å². The molecule has 0 aromatic rings. The molecule has 7 nitrogen and oxygen atoms in total. The molecule has 0 radical (unpaired) electrons. The normalized spacial score (nSPS) is 11.9. The average molecular weight is 211 g/mol. The number of nitrogens with zero attached hydrogens (tertiary/aromatic N) is 1. The second-order valence-electron chi connectivity index (χ2n) is 2.25. The number of carboxylic acids is 1. The van der Waals surface area contributed by atoms with Gasteiger partial charge >= 0.3 is 5.97 Å². The maximum absolute atomic E-state index is 11.0. The lowest BCUT2D eigenvalue weighted by molar-refractivity contribution is -0.137. The molecule has 13 heavy (non-hydrogen) atoms. The number of hydrazine groups is 2. The van der Waals surface area contributed by atoms with Crippen molar-refractivity contribution < 1.29 is 18.3 Å². The van der Waals surface area contributed by atoms with Crippen LogP contribution in [0.5, 0.6) is 0 Å². The molecule has 0 fully saturated rings. The van der Waals surface area contributed by atoms with E-state index in [0.717, 1.165) is 0 Å². The summed E-state index contributed by atoms with van der Waals surface area (Å²) in [5.41, 5.74) is 2.25. The van der Waals surface area contributed by atoms with Gasteiger partial charge in [-0.1, -0.05) is 4.52 Å². The molecule has 78 valence electrons. The highest BCUT2D eigenvalue weighted by atomic mass is 32.2. The molecule has 0 aliphatic rings. The number of carboxylic acid groups (broad SMARTS) is 1. The van der Waals surface area contributed by atoms with E-state index in [-0.39, 0.29) is 18.7 Å². The van der Waals surface area contributed by atoms with Crippen LogP contribution in [0.1, 0.15) is 13.3 Å². The van der Waals surface area contributed by atoms with Crippen molar-refractivity contribution in [3.8, 4) is 0 Å². The van der Waals surface area contributed by atoms with Crippen molar-refractivity contribution in [1.82, 2.24) is 9.95 Å². The first-order valence-corrected chi connectivity index (χ1v) is 5.24. The molecule has 0 spiro atoms. The number of rotatable bonds is 6. The molecule has 0 saturated carbocycles. The van der Waals surface area contributed by atoms with Crippen LogP contribution < -0.4 is 11.3 Å². The third-order valence-corrected chi connectivity index (χ3v) is 2.73. The maximum Gasteiger partial charge on any atom is 0.304 e. The zero-order valence-corrected chi connectivity index (χ0v) is 8.04. The van der Waals surface area contributed by atoms with Crippen LogP contribution in [0.25, 0.3) is 0 Å². The van der Waals surface area contributed by atoms with E-state index in [2.05, 4.69) is 5.43 Å². The highest BCUT2D eigenvalue weighted by molar-refractivity contribution is 7.88. The standard InChI is InChI=1S/C5H13N3O4S/c1-2-13(11,12)8(6)7-4-3-5(9)10/h7H,2-4,6H2,1H3,(H,9,10). The molecule has 0 aromatic heterocycles. The third-order valence-electron chi connectivity index (χ3n) is 1.27. The van der Waals surface area contributed by atoms with E-state index in [1.807, 2.05) is 0 Å². The molecule has 0 atom stereocenters. The Morgan fingerprint density at radius 1 is 1.62 bits per heavy atom. The highest BCUT2D eigenvalue weighted by Gasteiger charge is 2.14. The summed E-state index contributed by atoms with van der Waals surface area (Å²) in [6.07, 6.45) is -0.188. The molecule has 0 amide bonds. The lowest BCUT2D eigenvalue weighted by Crippen LogP contribution is -2.49. The minimum Gasteiger partial charge on any atom is -0.481 e. The SMILES string of the molecule is CCS(=O)(=O)N(N)NCCC(=O)O. The maximum atomic E-state index is 11.0. The van der Waals surface area contributed by atoms with E-state index in [4.69, 9.17) is 10.9 Å². The Labute approximate surface area is 76.5 Å². The molecule has 0 rings (SSSR count). The first-order valence-electron chi connectivity index (χ1n) is 3.63. The summed E-state index contributed by atoms with van der Waals surface area (Å²) in [6, 6.07) is 0. The second-order valence-corrected chi connectivity index (χ2v) is 4.38. The number of sulfonamides is 1. The number of hydrogen-bond acceptors (Lipinski definition) is 5. The smallest absolute Gasteiger partial charge is 0.304 e. The third kappa shape index (κ3) is 4.78. The van der Waals surface area contributed by atoms with Gasteiger partial charge in [0.25, 0.3) is 0 Å². The van der Waals surface area contributed by atoms with Crippen molar-refractivity contribution >= 4 is 16.0 Å². The predicted octanol–water partition coefficient (Wildman–Crippen LogP) is -1.51. The fourth-order valence-electron chi connectivity index (χ4n) is 0.510. The minimum atomic E-state index is -3.49. The Bertz CT molecular complexity index is 263. The summed E-state index contributed by atoms with van der Waals surface area (Å²) in [6.45, 7) is 1.42. The minimum absolute atomic E-state index is 0.0228. The second kappa shape index (κ2) is 5.12. The van der Waals surface area contributed by atoms with Crippen molar-refractivity contribution in [2.45, 2.75) is 13.3 Å². The summed E-state index contributed by atoms with van der Waals surface area (Å²) < 4.78 is 22.4. The van der Waals surface area contributed by atoms with E-state index in [1.54, 1.807) is 0 Å². The first-order chi connectivity index (χ1) is 5.90. The summed E-state index contributed by atoms with van der Waals surface area (Å²) in [4.78, 5) is 10.1. The molecule has 0 aliphatic heterocycles. The molecular weight excluding hydrogens is 198 g/mol. The Kier molecular flexibility index (Phi) is 4.85. The van der Waals surface area contributed by atoms with E-state index < -0.39 is 16.0 Å². The molecule has 0 bridgehead atoms. The van der Waals surface area contributed by atoms with Gasteiger partial charge in [0.1, 0.15) is 0 Å². The van der Waals surface area contributed by atoms with Crippen LogP contribution in [-0.4, -0.2) is 36.3 Å². The molecule has 0 saturated heterocycles. The summed E-state index contributed by atoms with van der Waals surface area (Å²) >= 11 is 0. The molecule has 4 N–H and O–H groups in total. The fraction of sp³-hybridized carbons (Fsp3) is 0.800. The molecule has 8 heteroatoms. The van der Waals surface area contributed by atoms with Gasteiger partial charge in [0.15, 0.2) is 0 Å². The lowest BCUT2D eigenvalue weighted by atomic mass is 10.4. The van der Waals surface area contributed by atoms with Gasteiger partial charge in [-0.15, -0.1) is 0 Å². The summed E-state index contributed by atoms with van der Waals surface area (Å²) in [7, 11) is -3.49.